The molecule has 3 unspecified atom stereocenters. The third-order valence-electron chi connectivity index (χ3n) is 7.05. The Morgan fingerprint density at radius 2 is 0.944 bits per heavy atom. The lowest BCUT2D eigenvalue weighted by atomic mass is 9.61. The first kappa shape index (κ1) is 34.9. The highest BCUT2D eigenvalue weighted by molar-refractivity contribution is 5.93. The van der Waals surface area contributed by atoms with Gasteiger partial charge in [0.15, 0.2) is 11.2 Å². The first-order valence-electron chi connectivity index (χ1n) is 11.2. The van der Waals surface area contributed by atoms with Gasteiger partial charge in [-0.3, -0.25) is 19.2 Å². The lowest BCUT2D eigenvalue weighted by Gasteiger charge is -2.43. The van der Waals surface area contributed by atoms with E-state index in [-0.39, 0.29) is 32.1 Å². The van der Waals surface area contributed by atoms with Crippen LogP contribution >= 0.6 is 0 Å². The Morgan fingerprint density at radius 3 is 1.11 bits per heavy atom. The van der Waals surface area contributed by atoms with Crippen LogP contribution in [-0.2, 0) is 28.8 Å². The molecule has 14 nitrogen and oxygen atoms in total. The predicted molar refractivity (Wildman–Crippen MR) is 120 cm³/mol. The van der Waals surface area contributed by atoms with Gasteiger partial charge in [-0.25, -0.2) is 9.59 Å². The SMILES string of the molecule is CCC(C(=O)O)C(O)(C(=O)O)C(CC)(CC)C(=O)O.CCC(CC)(C(=O)O)C(O)(CC(=O)O)C(=O)O. The predicted octanol–water partition coefficient (Wildman–Crippen LogP) is 0.972. The molecule has 3 atom stereocenters. The quantitative estimate of drug-likeness (QED) is 0.148. The van der Waals surface area contributed by atoms with E-state index in [2.05, 4.69) is 0 Å². The van der Waals surface area contributed by atoms with Crippen LogP contribution in [0.4, 0.5) is 0 Å². The molecular formula is C22H36O14. The number of aliphatic hydroxyl groups is 2. The fourth-order valence-corrected chi connectivity index (χ4v) is 4.57. The molecule has 0 amide bonds. The first-order chi connectivity index (χ1) is 16.3. The summed E-state index contributed by atoms with van der Waals surface area (Å²) in [7, 11) is 0. The summed E-state index contributed by atoms with van der Waals surface area (Å²) >= 11 is 0. The Bertz CT molecular complexity index is 842. The van der Waals surface area contributed by atoms with Crippen LogP contribution in [0.15, 0.2) is 0 Å². The number of aliphatic carboxylic acids is 6. The Hall–Kier alpha value is -3.26. The number of carbonyl (C=O) groups is 6. The molecule has 36 heavy (non-hydrogen) atoms. The summed E-state index contributed by atoms with van der Waals surface area (Å²) in [6, 6.07) is 0. The van der Waals surface area contributed by atoms with Gasteiger partial charge in [-0.1, -0.05) is 34.6 Å². The maximum atomic E-state index is 11.5. The van der Waals surface area contributed by atoms with E-state index < -0.39 is 70.2 Å². The zero-order valence-corrected chi connectivity index (χ0v) is 20.8. The molecule has 0 saturated carbocycles. The molecule has 0 saturated heterocycles. The minimum absolute atomic E-state index is 0.186. The standard InChI is InChI=1S/C12H20O7.C10H16O7/c1-4-7(8(13)14)12(19,10(17)18)11(5-2,6-3)9(15)16;1-3-9(4-2,7(13)14)10(17,8(15)16)5-6(11)12/h7,19H,4-6H2,1-3H3,(H,13,14)(H,15,16)(H,17,18);17H,3-5H2,1-2H3,(H,11,12)(H,13,14)(H,15,16). The van der Waals surface area contributed by atoms with E-state index in [1.54, 1.807) is 0 Å². The highest BCUT2D eigenvalue weighted by atomic mass is 16.4. The van der Waals surface area contributed by atoms with Crippen molar-refractivity contribution in [2.75, 3.05) is 0 Å². The maximum Gasteiger partial charge on any atom is 0.337 e. The van der Waals surface area contributed by atoms with Crippen molar-refractivity contribution in [3.8, 4) is 0 Å². The normalized spacial score (nSPS) is 15.8. The van der Waals surface area contributed by atoms with Crippen LogP contribution in [0.2, 0.25) is 0 Å². The van der Waals surface area contributed by atoms with Crippen molar-refractivity contribution in [1.82, 2.24) is 0 Å². The molecule has 0 rings (SSSR count). The van der Waals surface area contributed by atoms with E-state index in [0.717, 1.165) is 0 Å². The molecule has 0 aliphatic rings. The average molecular weight is 525 g/mol. The molecule has 0 aromatic carbocycles. The van der Waals surface area contributed by atoms with Gasteiger partial charge in [-0.15, -0.1) is 0 Å². The fraction of sp³-hybridized carbons (Fsp3) is 0.727. The minimum atomic E-state index is -2.86. The second kappa shape index (κ2) is 13.2. The summed E-state index contributed by atoms with van der Waals surface area (Å²) in [6.07, 6.45) is -2.09. The molecule has 0 fully saturated rings. The second-order valence-corrected chi connectivity index (χ2v) is 8.30. The van der Waals surface area contributed by atoms with Gasteiger partial charge in [0.25, 0.3) is 0 Å². The summed E-state index contributed by atoms with van der Waals surface area (Å²) < 4.78 is 0. The van der Waals surface area contributed by atoms with Crippen LogP contribution < -0.4 is 0 Å². The lowest BCUT2D eigenvalue weighted by Crippen LogP contribution is -2.63. The van der Waals surface area contributed by atoms with Crippen molar-refractivity contribution < 1.29 is 69.6 Å². The first-order valence-corrected chi connectivity index (χ1v) is 11.2. The van der Waals surface area contributed by atoms with E-state index in [0.29, 0.717) is 0 Å². The summed E-state index contributed by atoms with van der Waals surface area (Å²) in [4.78, 5) is 66.9. The van der Waals surface area contributed by atoms with Gasteiger partial charge in [0.1, 0.15) is 10.8 Å². The van der Waals surface area contributed by atoms with Gasteiger partial charge < -0.3 is 40.9 Å². The average Bonchev–Trinajstić information content (AvgIpc) is 2.75. The molecule has 0 aliphatic heterocycles. The van der Waals surface area contributed by atoms with Crippen molar-refractivity contribution in [2.24, 2.45) is 16.7 Å². The van der Waals surface area contributed by atoms with E-state index in [9.17, 15) is 49.2 Å². The highest BCUT2D eigenvalue weighted by Gasteiger charge is 2.64. The van der Waals surface area contributed by atoms with Gasteiger partial charge in [0.05, 0.1) is 12.3 Å². The van der Waals surface area contributed by atoms with Crippen molar-refractivity contribution in [1.29, 1.82) is 0 Å². The second-order valence-electron chi connectivity index (χ2n) is 8.30. The van der Waals surface area contributed by atoms with Crippen molar-refractivity contribution in [2.45, 2.75) is 84.3 Å². The van der Waals surface area contributed by atoms with Crippen LogP contribution in [0.3, 0.4) is 0 Å². The highest BCUT2D eigenvalue weighted by Crippen LogP contribution is 2.45. The molecule has 0 aliphatic carbocycles. The number of carboxylic acids is 6. The third-order valence-corrected chi connectivity index (χ3v) is 7.05. The summed E-state index contributed by atoms with van der Waals surface area (Å²) in [5.74, 6) is -11.5. The van der Waals surface area contributed by atoms with Gasteiger partial charge in [-0.2, -0.15) is 0 Å². The lowest BCUT2D eigenvalue weighted by molar-refractivity contribution is -0.205. The van der Waals surface area contributed by atoms with Crippen molar-refractivity contribution in [3.05, 3.63) is 0 Å². The van der Waals surface area contributed by atoms with Crippen molar-refractivity contribution in [3.63, 3.8) is 0 Å². The Kier molecular flexibility index (Phi) is 12.8. The molecule has 0 aromatic heterocycles. The summed E-state index contributed by atoms with van der Waals surface area (Å²) in [6.45, 7) is 7.02. The van der Waals surface area contributed by atoms with Crippen molar-refractivity contribution >= 4 is 35.8 Å². The molecule has 208 valence electrons. The monoisotopic (exact) mass is 524 g/mol. The number of hydrogen-bond donors (Lipinski definition) is 8. The number of rotatable bonds is 15. The zero-order chi connectivity index (χ0) is 29.3. The molecule has 0 aromatic rings. The Balaban J connectivity index is 0. The van der Waals surface area contributed by atoms with E-state index in [4.69, 9.17) is 20.4 Å². The molecule has 0 spiro atoms. The van der Waals surface area contributed by atoms with Gasteiger partial charge in [-0.05, 0) is 32.1 Å². The van der Waals surface area contributed by atoms with E-state index in [1.807, 2.05) is 0 Å². The smallest absolute Gasteiger partial charge is 0.337 e. The van der Waals surface area contributed by atoms with Crippen LogP contribution in [0.5, 0.6) is 0 Å². The van der Waals surface area contributed by atoms with E-state index in [1.165, 1.54) is 34.6 Å². The number of carboxylic acid groups (broad SMARTS) is 6. The molecular weight excluding hydrogens is 488 g/mol. The maximum absolute atomic E-state index is 11.5. The Morgan fingerprint density at radius 1 is 0.583 bits per heavy atom. The number of hydrogen-bond acceptors (Lipinski definition) is 8. The van der Waals surface area contributed by atoms with Crippen LogP contribution in [0, 0.1) is 16.7 Å². The minimum Gasteiger partial charge on any atom is -0.481 e. The van der Waals surface area contributed by atoms with Gasteiger partial charge in [0.2, 0.25) is 0 Å². The van der Waals surface area contributed by atoms with Crippen LogP contribution in [0.25, 0.3) is 0 Å². The van der Waals surface area contributed by atoms with E-state index >= 15 is 0 Å². The zero-order valence-electron chi connectivity index (χ0n) is 20.8. The Labute approximate surface area is 207 Å². The van der Waals surface area contributed by atoms with Gasteiger partial charge in [0, 0.05) is 0 Å². The van der Waals surface area contributed by atoms with Crippen LogP contribution in [-0.4, -0.2) is 87.9 Å². The topological polar surface area (TPSA) is 264 Å². The summed E-state index contributed by atoms with van der Waals surface area (Å²) in [5, 5.41) is 74.7. The molecule has 0 bridgehead atoms. The fourth-order valence-electron chi connectivity index (χ4n) is 4.57. The summed E-state index contributed by atoms with van der Waals surface area (Å²) in [5.41, 5.74) is -9.74. The molecule has 14 heteroatoms. The van der Waals surface area contributed by atoms with Crippen LogP contribution in [0.1, 0.15) is 73.1 Å². The third kappa shape index (κ3) is 5.93. The molecule has 0 heterocycles. The van der Waals surface area contributed by atoms with Gasteiger partial charge >= 0.3 is 35.8 Å². The largest absolute Gasteiger partial charge is 0.481 e. The molecule has 8 N–H and O–H groups in total. The molecule has 0 radical (unpaired) electrons.